The van der Waals surface area contributed by atoms with Crippen molar-refractivity contribution in [3.05, 3.63) is 78.8 Å². The molecule has 0 unspecified atom stereocenters. The van der Waals surface area contributed by atoms with Crippen molar-refractivity contribution >= 4 is 46.2 Å². The minimum absolute atomic E-state index is 0.0848. The van der Waals surface area contributed by atoms with E-state index in [9.17, 15) is 10.1 Å². The number of hydrogen-bond donors (Lipinski definition) is 1. The fraction of sp³-hybridized carbons (Fsp3) is 0.222. The van der Waals surface area contributed by atoms with Crippen molar-refractivity contribution in [3.63, 3.8) is 0 Å². The van der Waals surface area contributed by atoms with E-state index in [-0.39, 0.29) is 28.6 Å². The number of nitro benzene ring substituents is 1. The van der Waals surface area contributed by atoms with Gasteiger partial charge < -0.3 is 5.32 Å². The first-order valence-electron chi connectivity index (χ1n) is 7.81. The number of nitrogens with one attached hydrogen (secondary N) is 1. The third kappa shape index (κ3) is 2.78. The highest BCUT2D eigenvalue weighted by atomic mass is 35.5. The van der Waals surface area contributed by atoms with Crippen LogP contribution in [0.1, 0.15) is 29.5 Å². The molecule has 25 heavy (non-hydrogen) atoms. The number of fused-ring (bicyclic) bond motifs is 3. The SMILES string of the molecule is O=[N+]([O-])c1cc([C@@H]2Nc3cc(Cl)cc(Cl)c3[C@@H]3C=CC[C@@H]32)ccc1Cl. The quantitative estimate of drug-likeness (QED) is 0.364. The third-order valence-electron chi connectivity index (χ3n) is 4.91. The lowest BCUT2D eigenvalue weighted by atomic mass is 9.77. The maximum atomic E-state index is 11.2. The molecule has 1 heterocycles. The Morgan fingerprint density at radius 2 is 1.92 bits per heavy atom. The fourth-order valence-corrected chi connectivity index (χ4v) is 4.64. The average molecular weight is 396 g/mol. The molecule has 0 saturated heterocycles. The van der Waals surface area contributed by atoms with E-state index in [1.54, 1.807) is 18.2 Å². The van der Waals surface area contributed by atoms with Crippen molar-refractivity contribution in [1.82, 2.24) is 0 Å². The Balaban J connectivity index is 1.82. The summed E-state index contributed by atoms with van der Waals surface area (Å²) in [6.07, 6.45) is 5.16. The smallest absolute Gasteiger partial charge is 0.288 e. The first-order valence-corrected chi connectivity index (χ1v) is 8.95. The van der Waals surface area contributed by atoms with Gasteiger partial charge in [-0.25, -0.2) is 0 Å². The number of benzene rings is 2. The summed E-state index contributed by atoms with van der Waals surface area (Å²) in [5.41, 5.74) is 2.65. The molecule has 0 radical (unpaired) electrons. The number of anilines is 1. The highest BCUT2D eigenvalue weighted by Gasteiger charge is 2.39. The molecular weight excluding hydrogens is 383 g/mol. The number of allylic oxidation sites excluding steroid dienone is 2. The fourth-order valence-electron chi connectivity index (χ4n) is 3.84. The Labute approximate surface area is 159 Å². The molecular formula is C18H13Cl3N2O2. The summed E-state index contributed by atoms with van der Waals surface area (Å²) in [6.45, 7) is 0. The van der Waals surface area contributed by atoms with Gasteiger partial charge in [-0.1, -0.05) is 53.0 Å². The van der Waals surface area contributed by atoms with Crippen molar-refractivity contribution in [3.8, 4) is 0 Å². The predicted octanol–water partition coefficient (Wildman–Crippen LogP) is 6.38. The summed E-state index contributed by atoms with van der Waals surface area (Å²) in [7, 11) is 0. The standard InChI is InChI=1S/C18H13Cl3N2O2/c19-10-7-14(21)17-11-2-1-3-12(11)18(22-15(17)8-10)9-4-5-13(20)16(6-9)23(24)25/h1-2,4-8,11-12,18,22H,3H2/t11-,12+,18+/m1/s1. The van der Waals surface area contributed by atoms with E-state index in [0.717, 1.165) is 23.2 Å². The molecule has 4 nitrogen and oxygen atoms in total. The zero-order chi connectivity index (χ0) is 17.7. The Morgan fingerprint density at radius 3 is 2.68 bits per heavy atom. The second kappa shape index (κ2) is 6.20. The molecule has 0 bridgehead atoms. The zero-order valence-corrected chi connectivity index (χ0v) is 15.1. The van der Waals surface area contributed by atoms with Crippen molar-refractivity contribution in [2.24, 2.45) is 5.92 Å². The van der Waals surface area contributed by atoms with Gasteiger partial charge in [0, 0.05) is 33.3 Å². The summed E-state index contributed by atoms with van der Waals surface area (Å²) in [4.78, 5) is 10.8. The molecule has 3 atom stereocenters. The van der Waals surface area contributed by atoms with Gasteiger partial charge in [0.2, 0.25) is 0 Å². The lowest BCUT2D eigenvalue weighted by Crippen LogP contribution is -2.29. The number of nitrogens with zero attached hydrogens (tertiary/aromatic N) is 1. The van der Waals surface area contributed by atoms with Gasteiger partial charge in [-0.05, 0) is 36.1 Å². The summed E-state index contributed by atoms with van der Waals surface area (Å²) in [5.74, 6) is 0.382. The van der Waals surface area contributed by atoms with E-state index < -0.39 is 4.92 Å². The van der Waals surface area contributed by atoms with Crippen LogP contribution in [0.5, 0.6) is 0 Å². The van der Waals surface area contributed by atoms with Crippen molar-refractivity contribution in [1.29, 1.82) is 0 Å². The molecule has 0 aromatic heterocycles. The summed E-state index contributed by atoms with van der Waals surface area (Å²) in [6, 6.07) is 8.47. The molecule has 0 saturated carbocycles. The zero-order valence-electron chi connectivity index (χ0n) is 12.9. The van der Waals surface area contributed by atoms with Crippen LogP contribution >= 0.6 is 34.8 Å². The number of hydrogen-bond acceptors (Lipinski definition) is 3. The molecule has 2 aromatic rings. The molecule has 1 aliphatic heterocycles. The monoisotopic (exact) mass is 394 g/mol. The van der Waals surface area contributed by atoms with Gasteiger partial charge in [-0.2, -0.15) is 0 Å². The summed E-state index contributed by atoms with van der Waals surface area (Å²) in [5, 5.41) is 16.0. The number of nitro groups is 1. The molecule has 7 heteroatoms. The Hall–Kier alpha value is -1.75. The maximum Gasteiger partial charge on any atom is 0.288 e. The van der Waals surface area contributed by atoms with E-state index in [1.807, 2.05) is 12.1 Å². The third-order valence-corrected chi connectivity index (χ3v) is 5.76. The highest BCUT2D eigenvalue weighted by molar-refractivity contribution is 6.35. The van der Waals surface area contributed by atoms with E-state index in [1.165, 1.54) is 0 Å². The van der Waals surface area contributed by atoms with Gasteiger partial charge in [0.25, 0.3) is 5.69 Å². The van der Waals surface area contributed by atoms with Crippen LogP contribution in [-0.2, 0) is 0 Å². The second-order valence-corrected chi connectivity index (χ2v) is 7.54. The number of rotatable bonds is 2. The lowest BCUT2D eigenvalue weighted by molar-refractivity contribution is -0.384. The largest absolute Gasteiger partial charge is 0.378 e. The van der Waals surface area contributed by atoms with Crippen molar-refractivity contribution < 1.29 is 4.92 Å². The molecule has 128 valence electrons. The highest BCUT2D eigenvalue weighted by Crippen LogP contribution is 2.52. The van der Waals surface area contributed by atoms with Crippen molar-refractivity contribution in [2.45, 2.75) is 18.4 Å². The van der Waals surface area contributed by atoms with Crippen LogP contribution in [0.15, 0.2) is 42.5 Å². The van der Waals surface area contributed by atoms with E-state index in [0.29, 0.717) is 10.0 Å². The maximum absolute atomic E-state index is 11.2. The van der Waals surface area contributed by atoms with Crippen LogP contribution in [0.2, 0.25) is 15.1 Å². The molecule has 1 aliphatic carbocycles. The van der Waals surface area contributed by atoms with Crippen molar-refractivity contribution in [2.75, 3.05) is 5.32 Å². The summed E-state index contributed by atoms with van der Waals surface area (Å²) < 4.78 is 0. The Kier molecular flexibility index (Phi) is 4.14. The first-order chi connectivity index (χ1) is 12.0. The topological polar surface area (TPSA) is 55.2 Å². The van der Waals surface area contributed by atoms with Gasteiger partial charge in [0.15, 0.2) is 0 Å². The molecule has 2 aromatic carbocycles. The minimum Gasteiger partial charge on any atom is -0.378 e. The Bertz CT molecular complexity index is 913. The van der Waals surface area contributed by atoms with Gasteiger partial charge in [-0.15, -0.1) is 0 Å². The van der Waals surface area contributed by atoms with Crippen LogP contribution in [0, 0.1) is 16.0 Å². The van der Waals surface area contributed by atoms with Gasteiger partial charge in [0.05, 0.1) is 11.0 Å². The molecule has 2 aliphatic rings. The van der Waals surface area contributed by atoms with Crippen LogP contribution in [0.4, 0.5) is 11.4 Å². The van der Waals surface area contributed by atoms with E-state index >= 15 is 0 Å². The molecule has 0 amide bonds. The van der Waals surface area contributed by atoms with Gasteiger partial charge >= 0.3 is 0 Å². The molecule has 0 fully saturated rings. The average Bonchev–Trinajstić information content (AvgIpc) is 3.03. The minimum atomic E-state index is -0.458. The Morgan fingerprint density at radius 1 is 1.12 bits per heavy atom. The molecule has 0 spiro atoms. The molecule has 4 rings (SSSR count). The van der Waals surface area contributed by atoms with Gasteiger partial charge in [-0.3, -0.25) is 10.1 Å². The lowest BCUT2D eigenvalue weighted by Gasteiger charge is -2.38. The first kappa shape index (κ1) is 16.7. The normalized spacial score (nSPS) is 23.7. The number of halogens is 3. The second-order valence-electron chi connectivity index (χ2n) is 6.29. The van der Waals surface area contributed by atoms with Crippen LogP contribution < -0.4 is 5.32 Å². The van der Waals surface area contributed by atoms with Crippen LogP contribution in [0.3, 0.4) is 0 Å². The summed E-state index contributed by atoms with van der Waals surface area (Å²) >= 11 is 18.5. The van der Waals surface area contributed by atoms with Gasteiger partial charge in [0.1, 0.15) is 5.02 Å². The predicted molar refractivity (Wildman–Crippen MR) is 101 cm³/mol. The van der Waals surface area contributed by atoms with Crippen LogP contribution in [0.25, 0.3) is 0 Å². The van der Waals surface area contributed by atoms with E-state index in [2.05, 4.69) is 17.5 Å². The van der Waals surface area contributed by atoms with E-state index in [4.69, 9.17) is 34.8 Å². The van der Waals surface area contributed by atoms with Crippen LogP contribution in [-0.4, -0.2) is 4.92 Å². The molecule has 1 N–H and O–H groups in total.